The second kappa shape index (κ2) is 10.2. The van der Waals surface area contributed by atoms with Crippen LogP contribution >= 0.6 is 12.4 Å². The molecule has 0 bridgehead atoms. The zero-order valence-electron chi connectivity index (χ0n) is 13.9. The van der Waals surface area contributed by atoms with Gasteiger partial charge in [-0.3, -0.25) is 4.90 Å². The number of halogens is 1. The molecule has 1 aliphatic heterocycles. The van der Waals surface area contributed by atoms with Crippen molar-refractivity contribution >= 4 is 12.4 Å². The highest BCUT2D eigenvalue weighted by molar-refractivity contribution is 5.85. The lowest BCUT2D eigenvalue weighted by Crippen LogP contribution is -2.45. The molecule has 3 nitrogen and oxygen atoms in total. The van der Waals surface area contributed by atoms with E-state index in [9.17, 15) is 5.11 Å². The van der Waals surface area contributed by atoms with E-state index in [1.807, 2.05) is 0 Å². The first-order valence-corrected chi connectivity index (χ1v) is 8.30. The lowest BCUT2D eigenvalue weighted by molar-refractivity contribution is 0.0658. The molecule has 1 aromatic rings. The number of nitrogens with one attached hydrogen (secondary N) is 1. The average molecular weight is 327 g/mol. The van der Waals surface area contributed by atoms with Gasteiger partial charge in [-0.05, 0) is 43.3 Å². The van der Waals surface area contributed by atoms with E-state index < -0.39 is 0 Å². The Kier molecular flexibility index (Phi) is 9.03. The number of aliphatic hydroxyl groups excluding tert-OH is 1. The molecule has 1 unspecified atom stereocenters. The number of nitrogens with zero attached hydrogens (tertiary/aromatic N) is 1. The van der Waals surface area contributed by atoms with E-state index in [1.54, 1.807) is 0 Å². The van der Waals surface area contributed by atoms with Crippen molar-refractivity contribution in [2.75, 3.05) is 26.2 Å². The quantitative estimate of drug-likeness (QED) is 0.808. The average Bonchev–Trinajstić information content (AvgIpc) is 2.49. The number of rotatable bonds is 7. The van der Waals surface area contributed by atoms with E-state index in [2.05, 4.69) is 54.4 Å². The lowest BCUT2D eigenvalue weighted by Gasteiger charge is -2.37. The molecule has 0 radical (unpaired) electrons. The van der Waals surface area contributed by atoms with Crippen LogP contribution in [0.5, 0.6) is 0 Å². The lowest BCUT2D eigenvalue weighted by atomic mass is 9.94. The first-order chi connectivity index (χ1) is 10.2. The van der Waals surface area contributed by atoms with Crippen molar-refractivity contribution in [3.63, 3.8) is 0 Å². The van der Waals surface area contributed by atoms with Crippen molar-refractivity contribution in [3.05, 3.63) is 35.9 Å². The van der Waals surface area contributed by atoms with E-state index in [-0.39, 0.29) is 25.1 Å². The van der Waals surface area contributed by atoms with Crippen LogP contribution in [0.2, 0.25) is 0 Å². The summed E-state index contributed by atoms with van der Waals surface area (Å²) in [6, 6.07) is 10.9. The predicted octanol–water partition coefficient (Wildman–Crippen LogP) is 2.93. The van der Waals surface area contributed by atoms with Crippen LogP contribution in [0.25, 0.3) is 0 Å². The van der Waals surface area contributed by atoms with Crippen LogP contribution < -0.4 is 5.32 Å². The van der Waals surface area contributed by atoms with Gasteiger partial charge >= 0.3 is 0 Å². The topological polar surface area (TPSA) is 35.5 Å². The first-order valence-electron chi connectivity index (χ1n) is 8.30. The highest BCUT2D eigenvalue weighted by Gasteiger charge is 2.25. The molecule has 1 aliphatic rings. The van der Waals surface area contributed by atoms with E-state index >= 15 is 0 Å². The zero-order valence-corrected chi connectivity index (χ0v) is 14.7. The summed E-state index contributed by atoms with van der Waals surface area (Å²) < 4.78 is 0. The van der Waals surface area contributed by atoms with Crippen LogP contribution in [0.15, 0.2) is 30.3 Å². The van der Waals surface area contributed by atoms with Crippen LogP contribution in [0.4, 0.5) is 0 Å². The fraction of sp³-hybridized carbons (Fsp3) is 0.667. The van der Waals surface area contributed by atoms with Gasteiger partial charge in [0.25, 0.3) is 0 Å². The number of piperidine rings is 1. The van der Waals surface area contributed by atoms with Crippen LogP contribution in [0.3, 0.4) is 0 Å². The Labute approximate surface area is 141 Å². The molecule has 0 aliphatic carbocycles. The molecule has 1 heterocycles. The van der Waals surface area contributed by atoms with Crippen LogP contribution in [0, 0.1) is 11.8 Å². The highest BCUT2D eigenvalue weighted by atomic mass is 35.5. The second-order valence-electron chi connectivity index (χ2n) is 6.60. The Balaban J connectivity index is 0.00000242. The molecular formula is C18H31ClN2O. The van der Waals surface area contributed by atoms with Gasteiger partial charge < -0.3 is 10.4 Å². The second-order valence-corrected chi connectivity index (χ2v) is 6.60. The summed E-state index contributed by atoms with van der Waals surface area (Å²) in [5, 5.41) is 13.3. The molecule has 1 aromatic carbocycles. The zero-order chi connectivity index (χ0) is 15.1. The summed E-state index contributed by atoms with van der Waals surface area (Å²) in [7, 11) is 0. The Morgan fingerprint density at radius 2 is 1.82 bits per heavy atom. The summed E-state index contributed by atoms with van der Waals surface area (Å²) in [4.78, 5) is 2.50. The van der Waals surface area contributed by atoms with Gasteiger partial charge in [-0.2, -0.15) is 0 Å². The molecule has 1 fully saturated rings. The molecule has 1 atom stereocenters. The molecular weight excluding hydrogens is 296 g/mol. The number of hydrogen-bond donors (Lipinski definition) is 2. The number of aliphatic hydroxyl groups is 1. The predicted molar refractivity (Wildman–Crippen MR) is 95.4 cm³/mol. The van der Waals surface area contributed by atoms with Gasteiger partial charge in [0, 0.05) is 19.1 Å². The fourth-order valence-corrected chi connectivity index (χ4v) is 3.28. The largest absolute Gasteiger partial charge is 0.395 e. The summed E-state index contributed by atoms with van der Waals surface area (Å²) >= 11 is 0. The summed E-state index contributed by atoms with van der Waals surface area (Å²) in [6.45, 7) is 8.97. The van der Waals surface area contributed by atoms with Crippen molar-refractivity contribution in [1.82, 2.24) is 10.2 Å². The molecule has 1 saturated heterocycles. The van der Waals surface area contributed by atoms with Crippen LogP contribution in [-0.2, 0) is 6.54 Å². The smallest absolute Gasteiger partial charge is 0.0589 e. The van der Waals surface area contributed by atoms with Crippen molar-refractivity contribution < 1.29 is 5.11 Å². The maximum Gasteiger partial charge on any atom is 0.0589 e. The number of benzene rings is 1. The van der Waals surface area contributed by atoms with Crippen LogP contribution in [-0.4, -0.2) is 42.3 Å². The van der Waals surface area contributed by atoms with E-state index in [4.69, 9.17) is 0 Å². The molecule has 22 heavy (non-hydrogen) atoms. The van der Waals surface area contributed by atoms with Gasteiger partial charge in [0.15, 0.2) is 0 Å². The third-order valence-corrected chi connectivity index (χ3v) is 4.61. The SMILES string of the molecule is CC(C)C(CO)N(Cc1ccccc1)CC1CCNCC1.Cl. The Hall–Kier alpha value is -0.610. The van der Waals surface area contributed by atoms with Gasteiger partial charge in [0.1, 0.15) is 0 Å². The normalized spacial score (nSPS) is 17.5. The summed E-state index contributed by atoms with van der Waals surface area (Å²) in [5.74, 6) is 1.23. The minimum Gasteiger partial charge on any atom is -0.395 e. The Morgan fingerprint density at radius 1 is 1.18 bits per heavy atom. The number of hydrogen-bond acceptors (Lipinski definition) is 3. The van der Waals surface area contributed by atoms with Crippen molar-refractivity contribution in [1.29, 1.82) is 0 Å². The first kappa shape index (κ1) is 19.4. The highest BCUT2D eigenvalue weighted by Crippen LogP contribution is 2.20. The third kappa shape index (κ3) is 5.88. The van der Waals surface area contributed by atoms with Crippen LogP contribution in [0.1, 0.15) is 32.3 Å². The fourth-order valence-electron chi connectivity index (χ4n) is 3.28. The minimum absolute atomic E-state index is 0. The molecule has 0 aromatic heterocycles. The molecule has 4 heteroatoms. The van der Waals surface area contributed by atoms with Crippen molar-refractivity contribution in [2.24, 2.45) is 11.8 Å². The summed E-state index contributed by atoms with van der Waals surface area (Å²) in [5.41, 5.74) is 1.34. The van der Waals surface area contributed by atoms with Gasteiger partial charge in [-0.1, -0.05) is 44.2 Å². The maximum absolute atomic E-state index is 9.82. The summed E-state index contributed by atoms with van der Waals surface area (Å²) in [6.07, 6.45) is 2.50. The molecule has 0 amide bonds. The van der Waals surface area contributed by atoms with E-state index in [0.717, 1.165) is 32.1 Å². The van der Waals surface area contributed by atoms with E-state index in [0.29, 0.717) is 5.92 Å². The maximum atomic E-state index is 9.82. The Morgan fingerprint density at radius 3 is 2.36 bits per heavy atom. The van der Waals surface area contributed by atoms with Gasteiger partial charge in [-0.15, -0.1) is 12.4 Å². The van der Waals surface area contributed by atoms with Gasteiger partial charge in [0.2, 0.25) is 0 Å². The molecule has 0 saturated carbocycles. The van der Waals surface area contributed by atoms with Gasteiger partial charge in [0.05, 0.1) is 6.61 Å². The van der Waals surface area contributed by atoms with Crippen molar-refractivity contribution in [3.8, 4) is 0 Å². The third-order valence-electron chi connectivity index (χ3n) is 4.61. The Bertz CT molecular complexity index is 393. The van der Waals surface area contributed by atoms with E-state index in [1.165, 1.54) is 18.4 Å². The standard InChI is InChI=1S/C18H30N2O.ClH/c1-15(2)18(14-21)20(12-16-6-4-3-5-7-16)13-17-8-10-19-11-9-17;/h3-7,15,17-19,21H,8-14H2,1-2H3;1H. The molecule has 126 valence electrons. The molecule has 0 spiro atoms. The monoisotopic (exact) mass is 326 g/mol. The minimum atomic E-state index is 0. The van der Waals surface area contributed by atoms with Gasteiger partial charge in [-0.25, -0.2) is 0 Å². The molecule has 2 rings (SSSR count). The molecule has 2 N–H and O–H groups in total. The van der Waals surface area contributed by atoms with Crippen molar-refractivity contribution in [2.45, 2.75) is 39.3 Å².